The van der Waals surface area contributed by atoms with Gasteiger partial charge in [-0.15, -0.1) is 0 Å². The average Bonchev–Trinajstić information content (AvgIpc) is 2.87. The highest BCUT2D eigenvalue weighted by Gasteiger charge is 2.43. The zero-order valence-electron chi connectivity index (χ0n) is 22.6. The molecular weight excluding hydrogens is 462 g/mol. The summed E-state index contributed by atoms with van der Waals surface area (Å²) >= 11 is 0. The molecule has 36 heavy (non-hydrogen) atoms. The van der Waals surface area contributed by atoms with Gasteiger partial charge >= 0.3 is 5.97 Å². The first-order chi connectivity index (χ1) is 17.0. The molecule has 3 saturated carbocycles. The van der Waals surface area contributed by atoms with Crippen LogP contribution in [0.25, 0.3) is 0 Å². The SMILES string of the molecule is C=CC(=O)OCCCCCCOC1C(F)CC(C2CCC(C3CCC(CCC)CC3)CC2)CC1F.O. The first-order valence-corrected chi connectivity index (χ1v) is 14.7. The van der Waals surface area contributed by atoms with Crippen LogP contribution >= 0.6 is 0 Å². The molecule has 4 nitrogen and oxygen atoms in total. The van der Waals surface area contributed by atoms with E-state index in [9.17, 15) is 13.6 Å². The summed E-state index contributed by atoms with van der Waals surface area (Å²) in [5.41, 5.74) is 0. The van der Waals surface area contributed by atoms with Crippen molar-refractivity contribution in [1.29, 1.82) is 0 Å². The van der Waals surface area contributed by atoms with Crippen LogP contribution in [0.1, 0.15) is 110 Å². The van der Waals surface area contributed by atoms with Gasteiger partial charge in [0.1, 0.15) is 18.4 Å². The van der Waals surface area contributed by atoms with Crippen molar-refractivity contribution >= 4 is 5.97 Å². The number of carbonyl (C=O) groups excluding carboxylic acids is 1. The van der Waals surface area contributed by atoms with Gasteiger partial charge in [0.05, 0.1) is 6.61 Å². The normalized spacial score (nSPS) is 35.0. The van der Waals surface area contributed by atoms with Crippen molar-refractivity contribution < 1.29 is 28.5 Å². The van der Waals surface area contributed by atoms with E-state index in [-0.39, 0.29) is 11.4 Å². The van der Waals surface area contributed by atoms with Crippen molar-refractivity contribution in [2.45, 2.75) is 128 Å². The number of hydrogen-bond donors (Lipinski definition) is 0. The lowest BCUT2D eigenvalue weighted by molar-refractivity contribution is -0.137. The molecule has 2 atom stereocenters. The van der Waals surface area contributed by atoms with E-state index in [1.807, 2.05) is 0 Å². The summed E-state index contributed by atoms with van der Waals surface area (Å²) in [4.78, 5) is 11.0. The summed E-state index contributed by atoms with van der Waals surface area (Å²) in [6, 6.07) is 0. The Hall–Kier alpha value is -1.01. The number of hydrogen-bond acceptors (Lipinski definition) is 3. The average molecular weight is 515 g/mol. The number of alkyl halides is 2. The zero-order valence-corrected chi connectivity index (χ0v) is 22.6. The number of halogens is 2. The number of carbonyl (C=O) groups is 1. The first kappa shape index (κ1) is 31.2. The lowest BCUT2D eigenvalue weighted by Crippen LogP contribution is -2.44. The maximum atomic E-state index is 14.9. The largest absolute Gasteiger partial charge is 0.463 e. The van der Waals surface area contributed by atoms with Crippen molar-refractivity contribution in [3.63, 3.8) is 0 Å². The summed E-state index contributed by atoms with van der Waals surface area (Å²) in [5.74, 6) is 2.99. The van der Waals surface area contributed by atoms with Crippen molar-refractivity contribution in [2.24, 2.45) is 29.6 Å². The van der Waals surface area contributed by atoms with Crippen LogP contribution in [0.2, 0.25) is 0 Å². The van der Waals surface area contributed by atoms with Gasteiger partial charge in [-0.3, -0.25) is 0 Å². The van der Waals surface area contributed by atoms with Crippen LogP contribution in [0.4, 0.5) is 8.78 Å². The molecule has 0 heterocycles. The molecule has 2 unspecified atom stereocenters. The standard InChI is InChI=1S/C30H50F2O3.H2O/c1-3-9-22-10-12-23(13-11-22)24-14-16-25(17-15-24)26-20-27(31)30(28(32)21-26)35-19-8-6-5-7-18-34-29(33)4-2;/h4,22-28,30H,2-3,5-21H2,1H3;1H2. The van der Waals surface area contributed by atoms with Gasteiger partial charge in [-0.1, -0.05) is 45.6 Å². The minimum absolute atomic E-state index is 0. The highest BCUT2D eigenvalue weighted by atomic mass is 19.1. The molecule has 0 aromatic rings. The fourth-order valence-corrected chi connectivity index (χ4v) is 7.22. The molecule has 0 aliphatic heterocycles. The lowest BCUT2D eigenvalue weighted by atomic mass is 9.65. The van der Waals surface area contributed by atoms with Gasteiger partial charge in [0.2, 0.25) is 0 Å². The number of esters is 1. The minimum atomic E-state index is -1.19. The Morgan fingerprint density at radius 2 is 1.31 bits per heavy atom. The molecule has 3 aliphatic carbocycles. The van der Waals surface area contributed by atoms with Gasteiger partial charge < -0.3 is 14.9 Å². The van der Waals surface area contributed by atoms with E-state index in [1.165, 1.54) is 51.4 Å². The molecule has 0 spiro atoms. The quantitative estimate of drug-likeness (QED) is 0.147. The van der Waals surface area contributed by atoms with Gasteiger partial charge in [-0.2, -0.15) is 0 Å². The maximum Gasteiger partial charge on any atom is 0.330 e. The fourth-order valence-electron chi connectivity index (χ4n) is 7.22. The molecule has 0 amide bonds. The molecule has 210 valence electrons. The third-order valence-electron chi connectivity index (χ3n) is 9.27. The summed E-state index contributed by atoms with van der Waals surface area (Å²) < 4.78 is 40.5. The third kappa shape index (κ3) is 9.70. The van der Waals surface area contributed by atoms with Crippen molar-refractivity contribution in [2.75, 3.05) is 13.2 Å². The molecule has 0 radical (unpaired) electrons. The highest BCUT2D eigenvalue weighted by molar-refractivity contribution is 5.81. The van der Waals surface area contributed by atoms with Crippen LogP contribution in [0.5, 0.6) is 0 Å². The third-order valence-corrected chi connectivity index (χ3v) is 9.27. The van der Waals surface area contributed by atoms with Gasteiger partial charge in [-0.25, -0.2) is 13.6 Å². The second kappa shape index (κ2) is 16.8. The monoisotopic (exact) mass is 514 g/mol. The Morgan fingerprint density at radius 1 is 0.806 bits per heavy atom. The van der Waals surface area contributed by atoms with E-state index in [4.69, 9.17) is 9.47 Å². The Labute approximate surface area is 218 Å². The van der Waals surface area contributed by atoms with Crippen molar-refractivity contribution in [3.8, 4) is 0 Å². The zero-order chi connectivity index (χ0) is 25.0. The van der Waals surface area contributed by atoms with E-state index in [1.54, 1.807) is 0 Å². The Balaban J connectivity index is 0.00000456. The van der Waals surface area contributed by atoms with E-state index in [2.05, 4.69) is 13.5 Å². The van der Waals surface area contributed by atoms with E-state index in [0.29, 0.717) is 32.0 Å². The van der Waals surface area contributed by atoms with E-state index < -0.39 is 24.4 Å². The predicted octanol–water partition coefficient (Wildman–Crippen LogP) is 7.34. The van der Waals surface area contributed by atoms with Gasteiger partial charge in [0.25, 0.3) is 0 Å². The van der Waals surface area contributed by atoms with Crippen LogP contribution in [0, 0.1) is 29.6 Å². The number of rotatable bonds is 13. The topological polar surface area (TPSA) is 67.0 Å². The maximum absolute atomic E-state index is 14.9. The second-order valence-corrected chi connectivity index (χ2v) is 11.6. The van der Waals surface area contributed by atoms with Gasteiger partial charge in [0.15, 0.2) is 0 Å². The van der Waals surface area contributed by atoms with Crippen molar-refractivity contribution in [3.05, 3.63) is 12.7 Å². The molecular formula is C30H52F2O4. The van der Waals surface area contributed by atoms with Crippen LogP contribution in [-0.2, 0) is 14.3 Å². The molecule has 6 heteroatoms. The molecule has 2 N–H and O–H groups in total. The summed E-state index contributed by atoms with van der Waals surface area (Å²) in [6.07, 6.45) is 15.4. The predicted molar refractivity (Wildman–Crippen MR) is 141 cm³/mol. The molecule has 3 aliphatic rings. The van der Waals surface area contributed by atoms with Crippen LogP contribution < -0.4 is 0 Å². The summed E-state index contributed by atoms with van der Waals surface area (Å²) in [6.45, 7) is 6.44. The number of unbranched alkanes of at least 4 members (excludes halogenated alkanes) is 3. The smallest absolute Gasteiger partial charge is 0.330 e. The molecule has 0 bridgehead atoms. The number of ether oxygens (including phenoxy) is 2. The molecule has 3 fully saturated rings. The Morgan fingerprint density at radius 3 is 1.83 bits per heavy atom. The molecule has 0 aromatic carbocycles. The van der Waals surface area contributed by atoms with Crippen LogP contribution in [0.15, 0.2) is 12.7 Å². The first-order valence-electron chi connectivity index (χ1n) is 14.7. The fraction of sp³-hybridized carbons (Fsp3) is 0.900. The van der Waals surface area contributed by atoms with Crippen LogP contribution in [0.3, 0.4) is 0 Å². The van der Waals surface area contributed by atoms with E-state index >= 15 is 0 Å². The van der Waals surface area contributed by atoms with Gasteiger partial charge in [-0.05, 0) is 100 Å². The van der Waals surface area contributed by atoms with E-state index in [0.717, 1.165) is 62.4 Å². The molecule has 3 rings (SSSR count). The summed E-state index contributed by atoms with van der Waals surface area (Å²) in [7, 11) is 0. The Kier molecular flexibility index (Phi) is 14.5. The molecule has 0 saturated heterocycles. The summed E-state index contributed by atoms with van der Waals surface area (Å²) in [5, 5.41) is 0. The second-order valence-electron chi connectivity index (χ2n) is 11.6. The van der Waals surface area contributed by atoms with Crippen molar-refractivity contribution in [1.82, 2.24) is 0 Å². The van der Waals surface area contributed by atoms with Gasteiger partial charge in [0, 0.05) is 12.7 Å². The Bertz CT molecular complexity index is 602. The molecule has 0 aromatic heterocycles. The lowest BCUT2D eigenvalue weighted by Gasteiger charge is -2.42. The van der Waals surface area contributed by atoms with Crippen LogP contribution in [-0.4, -0.2) is 43.1 Å². The highest BCUT2D eigenvalue weighted by Crippen LogP contribution is 2.46. The minimum Gasteiger partial charge on any atom is -0.463 e.